The van der Waals surface area contributed by atoms with Crippen LogP contribution in [0.25, 0.3) is 0 Å². The zero-order valence-corrected chi connectivity index (χ0v) is 26.8. The van der Waals surface area contributed by atoms with Crippen LogP contribution in [0.4, 0.5) is 0 Å². The molecular formula is C42H32O9. The lowest BCUT2D eigenvalue weighted by Crippen LogP contribution is -2.20. The number of phenols is 8. The smallest absolute Gasteiger partial charge is 0.135 e. The molecule has 0 spiro atoms. The van der Waals surface area contributed by atoms with Gasteiger partial charge in [-0.05, 0) is 88.0 Å². The molecule has 0 amide bonds. The summed E-state index contributed by atoms with van der Waals surface area (Å²) in [5, 5.41) is 87.5. The molecule has 0 bridgehead atoms. The topological polar surface area (TPSA) is 171 Å². The van der Waals surface area contributed by atoms with Crippen LogP contribution >= 0.6 is 0 Å². The molecule has 8 N–H and O–H groups in total. The number of aromatic hydroxyl groups is 8. The molecule has 3 aliphatic rings. The highest BCUT2D eigenvalue weighted by atomic mass is 16.5. The highest BCUT2D eigenvalue weighted by molar-refractivity contribution is 5.72. The fourth-order valence-electron chi connectivity index (χ4n) is 9.08. The van der Waals surface area contributed by atoms with Crippen molar-refractivity contribution in [1.82, 2.24) is 0 Å². The van der Waals surface area contributed by atoms with Gasteiger partial charge in [0, 0.05) is 58.6 Å². The number of ether oxygens (including phenoxy) is 1. The van der Waals surface area contributed by atoms with Crippen LogP contribution in [0.5, 0.6) is 51.7 Å². The van der Waals surface area contributed by atoms with Crippen molar-refractivity contribution in [2.75, 3.05) is 0 Å². The van der Waals surface area contributed by atoms with Crippen LogP contribution in [-0.2, 0) is 0 Å². The van der Waals surface area contributed by atoms with E-state index in [1.807, 2.05) is 12.1 Å². The number of fused-ring (bicyclic) bond motifs is 2. The number of rotatable bonds is 4. The predicted molar refractivity (Wildman–Crippen MR) is 186 cm³/mol. The first kappa shape index (κ1) is 30.6. The summed E-state index contributed by atoms with van der Waals surface area (Å²) in [5.74, 6) is -3.02. The minimum atomic E-state index is -0.693. The van der Waals surface area contributed by atoms with Crippen molar-refractivity contribution < 1.29 is 45.6 Å². The molecule has 0 fully saturated rings. The SMILES string of the molecule is Oc1ccc([C@H]2c3c(O)cc(O)cc3[C@H]3c4c(cc(O)c5c4[C@H]2[C@H](c2ccc(O)cc2)[C@H]5c2cc(O)cc(O)c2)O[C@@H]3c2ccc(O)cc2)cc1. The van der Waals surface area contributed by atoms with Gasteiger partial charge in [0.1, 0.15) is 57.8 Å². The summed E-state index contributed by atoms with van der Waals surface area (Å²) in [6.45, 7) is 0. The lowest BCUT2D eigenvalue weighted by Gasteiger charge is -2.34. The second-order valence-electron chi connectivity index (χ2n) is 13.7. The largest absolute Gasteiger partial charge is 0.508 e. The number of benzene rings is 6. The molecule has 6 aromatic rings. The lowest BCUT2D eigenvalue weighted by molar-refractivity contribution is 0.221. The molecule has 2 aliphatic carbocycles. The van der Waals surface area contributed by atoms with E-state index in [9.17, 15) is 40.9 Å². The van der Waals surface area contributed by atoms with Crippen molar-refractivity contribution in [2.24, 2.45) is 0 Å². The van der Waals surface area contributed by atoms with Crippen LogP contribution in [0, 0.1) is 0 Å². The Hall–Kier alpha value is -6.48. The maximum absolute atomic E-state index is 12.1. The maximum atomic E-state index is 12.1. The average molecular weight is 681 g/mol. The number of hydrogen-bond donors (Lipinski definition) is 8. The molecule has 0 radical (unpaired) electrons. The summed E-state index contributed by atoms with van der Waals surface area (Å²) in [7, 11) is 0. The van der Waals surface area contributed by atoms with Gasteiger partial charge in [0.25, 0.3) is 0 Å². The van der Waals surface area contributed by atoms with E-state index in [2.05, 4.69) is 0 Å². The van der Waals surface area contributed by atoms with Crippen LogP contribution in [0.3, 0.4) is 0 Å². The second-order valence-corrected chi connectivity index (χ2v) is 13.7. The maximum Gasteiger partial charge on any atom is 0.135 e. The van der Waals surface area contributed by atoms with Gasteiger partial charge in [0.15, 0.2) is 0 Å². The second kappa shape index (κ2) is 11.0. The number of hydrogen-bond acceptors (Lipinski definition) is 9. The highest BCUT2D eigenvalue weighted by Gasteiger charge is 2.56. The van der Waals surface area contributed by atoms with Gasteiger partial charge in [-0.1, -0.05) is 36.4 Å². The molecule has 0 saturated carbocycles. The third-order valence-corrected chi connectivity index (χ3v) is 10.9. The highest BCUT2D eigenvalue weighted by Crippen LogP contribution is 2.70. The fraction of sp³-hybridized carbons (Fsp3) is 0.143. The van der Waals surface area contributed by atoms with E-state index in [1.165, 1.54) is 12.1 Å². The van der Waals surface area contributed by atoms with Crippen molar-refractivity contribution in [3.8, 4) is 51.7 Å². The summed E-state index contributed by atoms with van der Waals surface area (Å²) in [5.41, 5.74) is 6.00. The number of phenolic OH excluding ortho intramolecular Hbond substituents is 8. The molecule has 0 aromatic heterocycles. The minimum absolute atomic E-state index is 0.0537. The third-order valence-electron chi connectivity index (χ3n) is 10.9. The molecule has 0 saturated heterocycles. The molecule has 51 heavy (non-hydrogen) atoms. The van der Waals surface area contributed by atoms with Gasteiger partial charge in [-0.3, -0.25) is 0 Å². The molecule has 6 aromatic carbocycles. The van der Waals surface area contributed by atoms with Crippen LogP contribution in [0.15, 0.2) is 109 Å². The van der Waals surface area contributed by atoms with Gasteiger partial charge in [0.05, 0.1) is 5.92 Å². The Kier molecular flexibility index (Phi) is 6.60. The van der Waals surface area contributed by atoms with Gasteiger partial charge in [-0.25, -0.2) is 0 Å². The Morgan fingerprint density at radius 2 is 0.863 bits per heavy atom. The van der Waals surface area contributed by atoms with E-state index >= 15 is 0 Å². The molecular weight excluding hydrogens is 648 g/mol. The predicted octanol–water partition coefficient (Wildman–Crippen LogP) is 7.76. The molecule has 9 heteroatoms. The van der Waals surface area contributed by atoms with Crippen molar-refractivity contribution in [3.05, 3.63) is 159 Å². The first-order valence-corrected chi connectivity index (χ1v) is 16.6. The van der Waals surface area contributed by atoms with Gasteiger partial charge in [-0.15, -0.1) is 0 Å². The quantitative estimate of drug-likeness (QED) is 0.0927. The Balaban J connectivity index is 1.44. The standard InChI is InChI=1S/C42H32O9/c43-23-7-1-19(2-8-23)33-35(22-13-26(46)15-27(47)14-22)38-31(50)18-32-39-37(42(51-32)21-5-11-25(45)12-6-21)29-16-28(48)17-30(49)36(29)34(40(33)41(38)39)20-3-9-24(44)10-4-20/h1-18,33-35,37,40,42-50H/t33-,34+,35-,37+,40+,42-/m1/s1. The first-order valence-electron chi connectivity index (χ1n) is 16.6. The van der Waals surface area contributed by atoms with E-state index in [1.54, 1.807) is 84.9 Å². The zero-order chi connectivity index (χ0) is 35.3. The van der Waals surface area contributed by atoms with E-state index in [0.29, 0.717) is 28.0 Å². The lowest BCUT2D eigenvalue weighted by atomic mass is 9.69. The summed E-state index contributed by atoms with van der Waals surface area (Å²) >= 11 is 0. The van der Waals surface area contributed by atoms with Crippen LogP contribution in [0.1, 0.15) is 85.8 Å². The van der Waals surface area contributed by atoms with Gasteiger partial charge >= 0.3 is 0 Å². The summed E-state index contributed by atoms with van der Waals surface area (Å²) in [6.07, 6.45) is -0.693. The van der Waals surface area contributed by atoms with E-state index in [4.69, 9.17) is 4.74 Å². The summed E-state index contributed by atoms with van der Waals surface area (Å²) < 4.78 is 6.70. The van der Waals surface area contributed by atoms with Crippen LogP contribution in [0.2, 0.25) is 0 Å². The minimum Gasteiger partial charge on any atom is -0.508 e. The molecule has 9 rings (SSSR count). The molecule has 1 aliphatic heterocycles. The summed E-state index contributed by atoms with van der Waals surface area (Å²) in [6, 6.07) is 29.1. The van der Waals surface area contributed by atoms with E-state index in [0.717, 1.165) is 27.8 Å². The normalized spacial score (nSPS) is 22.5. The molecule has 9 nitrogen and oxygen atoms in total. The Morgan fingerprint density at radius 1 is 0.353 bits per heavy atom. The molecule has 0 unspecified atom stereocenters. The molecule has 1 heterocycles. The van der Waals surface area contributed by atoms with Crippen molar-refractivity contribution >= 4 is 0 Å². The van der Waals surface area contributed by atoms with Crippen LogP contribution in [-0.4, -0.2) is 40.9 Å². The third kappa shape index (κ3) is 4.61. The van der Waals surface area contributed by atoms with Gasteiger partial charge in [-0.2, -0.15) is 0 Å². The van der Waals surface area contributed by atoms with Crippen LogP contribution < -0.4 is 4.74 Å². The van der Waals surface area contributed by atoms with Crippen molar-refractivity contribution in [1.29, 1.82) is 0 Å². The Morgan fingerprint density at radius 3 is 1.47 bits per heavy atom. The summed E-state index contributed by atoms with van der Waals surface area (Å²) in [4.78, 5) is 0. The van der Waals surface area contributed by atoms with Crippen molar-refractivity contribution in [2.45, 2.75) is 35.7 Å². The van der Waals surface area contributed by atoms with E-state index < -0.39 is 35.7 Å². The zero-order valence-electron chi connectivity index (χ0n) is 26.8. The average Bonchev–Trinajstić information content (AvgIpc) is 3.60. The van der Waals surface area contributed by atoms with Crippen molar-refractivity contribution in [3.63, 3.8) is 0 Å². The van der Waals surface area contributed by atoms with E-state index in [-0.39, 0.29) is 46.0 Å². The molecule has 6 atom stereocenters. The Labute approximate surface area is 291 Å². The van der Waals surface area contributed by atoms with Gasteiger partial charge in [0.2, 0.25) is 0 Å². The van der Waals surface area contributed by atoms with Gasteiger partial charge < -0.3 is 45.6 Å². The first-order chi connectivity index (χ1) is 24.6. The fourth-order valence-corrected chi connectivity index (χ4v) is 9.08. The molecule has 254 valence electrons. The monoisotopic (exact) mass is 680 g/mol. The Bertz CT molecular complexity index is 2330.